The Morgan fingerprint density at radius 3 is 1.87 bits per heavy atom. The summed E-state index contributed by atoms with van der Waals surface area (Å²) in [4.78, 5) is 28.9. The monoisotopic (exact) mass is 306 g/mol. The number of carbonyl (C=O) groups excluding carboxylic acids is 2. The van der Waals surface area contributed by atoms with Crippen LogP contribution in [0.15, 0.2) is 60.7 Å². The summed E-state index contributed by atoms with van der Waals surface area (Å²) >= 11 is 0. The second-order valence-corrected chi connectivity index (χ2v) is 6.24. The summed E-state index contributed by atoms with van der Waals surface area (Å²) < 4.78 is 0. The van der Waals surface area contributed by atoms with Crippen LogP contribution in [0.2, 0.25) is 0 Å². The van der Waals surface area contributed by atoms with Gasteiger partial charge in [0.1, 0.15) is 0 Å². The first-order valence-corrected chi connectivity index (χ1v) is 7.93. The number of hydrogen-bond donors (Lipinski definition) is 0. The van der Waals surface area contributed by atoms with Crippen LogP contribution in [0.25, 0.3) is 0 Å². The van der Waals surface area contributed by atoms with E-state index < -0.39 is 0 Å². The molecule has 0 bridgehead atoms. The summed E-state index contributed by atoms with van der Waals surface area (Å²) in [5.74, 6) is -0.513. The largest absolute Gasteiger partial charge is 0.297 e. The van der Waals surface area contributed by atoms with E-state index in [0.29, 0.717) is 18.8 Å². The first-order valence-electron chi connectivity index (χ1n) is 7.93. The number of rotatable bonds is 3. The number of imide groups is 1. The maximum Gasteiger partial charge on any atom is 0.239 e. The average Bonchev–Trinajstić information content (AvgIpc) is 3.09. The molecule has 0 aliphatic carbocycles. The van der Waals surface area contributed by atoms with Crippen LogP contribution < -0.4 is 4.90 Å². The molecule has 2 aromatic rings. The Kier molecular flexibility index (Phi) is 3.46. The van der Waals surface area contributed by atoms with Gasteiger partial charge < -0.3 is 0 Å². The molecule has 2 aromatic carbocycles. The van der Waals surface area contributed by atoms with Crippen molar-refractivity contribution in [1.29, 1.82) is 0 Å². The zero-order valence-electron chi connectivity index (χ0n) is 12.8. The Balaban J connectivity index is 1.51. The topological polar surface area (TPSA) is 40.6 Å². The Morgan fingerprint density at radius 2 is 1.30 bits per heavy atom. The van der Waals surface area contributed by atoms with E-state index >= 15 is 0 Å². The van der Waals surface area contributed by atoms with Crippen LogP contribution in [-0.2, 0) is 16.1 Å². The van der Waals surface area contributed by atoms with Crippen LogP contribution in [0.4, 0.5) is 5.69 Å². The lowest BCUT2D eigenvalue weighted by Crippen LogP contribution is -2.35. The smallest absolute Gasteiger partial charge is 0.239 e. The molecule has 4 rings (SSSR count). The molecule has 2 saturated heterocycles. The van der Waals surface area contributed by atoms with Gasteiger partial charge in [0.25, 0.3) is 0 Å². The van der Waals surface area contributed by atoms with Gasteiger partial charge in [-0.15, -0.1) is 0 Å². The number of benzene rings is 2. The van der Waals surface area contributed by atoms with Crippen molar-refractivity contribution in [2.75, 3.05) is 18.0 Å². The fourth-order valence-electron chi connectivity index (χ4n) is 3.63. The molecular formula is C19H18N2O2. The molecule has 116 valence electrons. The molecule has 2 heterocycles. The van der Waals surface area contributed by atoms with Crippen molar-refractivity contribution < 1.29 is 9.59 Å². The average molecular weight is 306 g/mol. The molecule has 2 amide bonds. The molecule has 0 spiro atoms. The fourth-order valence-corrected chi connectivity index (χ4v) is 3.63. The zero-order chi connectivity index (χ0) is 15.8. The highest BCUT2D eigenvalue weighted by molar-refractivity contribution is 6.22. The molecule has 0 N–H and O–H groups in total. The van der Waals surface area contributed by atoms with E-state index in [4.69, 9.17) is 0 Å². The lowest BCUT2D eigenvalue weighted by Gasteiger charge is -2.20. The molecule has 2 aliphatic heterocycles. The van der Waals surface area contributed by atoms with Crippen molar-refractivity contribution in [3.8, 4) is 0 Å². The molecule has 23 heavy (non-hydrogen) atoms. The Bertz CT molecular complexity index is 706. The number of nitrogens with zero attached hydrogens (tertiary/aromatic N) is 2. The predicted molar refractivity (Wildman–Crippen MR) is 87.6 cm³/mol. The van der Waals surface area contributed by atoms with Crippen LogP contribution >= 0.6 is 0 Å². The highest BCUT2D eigenvalue weighted by atomic mass is 16.2. The molecule has 4 nitrogen and oxygen atoms in total. The van der Waals surface area contributed by atoms with Crippen LogP contribution in [0.1, 0.15) is 5.56 Å². The maximum absolute atomic E-state index is 12.7. The van der Waals surface area contributed by atoms with Crippen LogP contribution in [0, 0.1) is 11.8 Å². The van der Waals surface area contributed by atoms with Gasteiger partial charge in [0.15, 0.2) is 0 Å². The van der Waals surface area contributed by atoms with Crippen molar-refractivity contribution in [2.24, 2.45) is 11.8 Å². The molecule has 4 heteroatoms. The Hall–Kier alpha value is -2.46. The number of anilines is 1. The molecule has 2 unspecified atom stereocenters. The van der Waals surface area contributed by atoms with Gasteiger partial charge in [-0.05, 0) is 17.7 Å². The minimum atomic E-state index is -0.202. The number of carbonyl (C=O) groups is 2. The summed E-state index contributed by atoms with van der Waals surface area (Å²) in [6.45, 7) is 2.11. The standard InChI is InChI=1S/C19H18N2O2/c22-18-16-12-20(11-14-7-3-1-4-8-14)13-17(16)19(23)21(18)15-9-5-2-6-10-15/h1-10,16-17H,11-13H2. The second-order valence-electron chi connectivity index (χ2n) is 6.24. The first kappa shape index (κ1) is 14.2. The van der Waals surface area contributed by atoms with Gasteiger partial charge in [-0.1, -0.05) is 48.5 Å². The minimum absolute atomic E-state index is 0.0539. The van der Waals surface area contributed by atoms with E-state index in [2.05, 4.69) is 17.0 Å². The summed E-state index contributed by atoms with van der Waals surface area (Å²) in [5, 5.41) is 0. The van der Waals surface area contributed by atoms with E-state index in [1.54, 1.807) is 0 Å². The van der Waals surface area contributed by atoms with Crippen molar-refractivity contribution in [3.63, 3.8) is 0 Å². The molecule has 2 fully saturated rings. The van der Waals surface area contributed by atoms with Gasteiger partial charge in [0, 0.05) is 19.6 Å². The maximum atomic E-state index is 12.7. The molecule has 0 radical (unpaired) electrons. The van der Waals surface area contributed by atoms with Gasteiger partial charge in [-0.3, -0.25) is 14.5 Å². The normalized spacial score (nSPS) is 24.3. The lowest BCUT2D eigenvalue weighted by molar-refractivity contribution is -0.123. The quantitative estimate of drug-likeness (QED) is 0.817. The van der Waals surface area contributed by atoms with Gasteiger partial charge in [0.2, 0.25) is 11.8 Å². The van der Waals surface area contributed by atoms with Crippen molar-refractivity contribution in [3.05, 3.63) is 66.2 Å². The van der Waals surface area contributed by atoms with E-state index in [9.17, 15) is 9.59 Å². The van der Waals surface area contributed by atoms with Gasteiger partial charge >= 0.3 is 0 Å². The second kappa shape index (κ2) is 5.63. The summed E-state index contributed by atoms with van der Waals surface area (Å²) in [6.07, 6.45) is 0. The third-order valence-corrected chi connectivity index (χ3v) is 4.73. The Labute approximate surface area is 135 Å². The number of para-hydroxylation sites is 1. The van der Waals surface area contributed by atoms with Crippen molar-refractivity contribution >= 4 is 17.5 Å². The highest BCUT2D eigenvalue weighted by Gasteiger charge is 2.52. The highest BCUT2D eigenvalue weighted by Crippen LogP contribution is 2.36. The van der Waals surface area contributed by atoms with Crippen LogP contribution in [0.5, 0.6) is 0 Å². The van der Waals surface area contributed by atoms with E-state index in [-0.39, 0.29) is 23.7 Å². The molecule has 0 aromatic heterocycles. The third-order valence-electron chi connectivity index (χ3n) is 4.73. The van der Waals surface area contributed by atoms with Gasteiger partial charge in [-0.25, -0.2) is 4.90 Å². The molecule has 2 atom stereocenters. The van der Waals surface area contributed by atoms with Gasteiger partial charge in [0.05, 0.1) is 17.5 Å². The van der Waals surface area contributed by atoms with E-state index in [1.807, 2.05) is 48.5 Å². The Morgan fingerprint density at radius 1 is 0.783 bits per heavy atom. The van der Waals surface area contributed by atoms with Crippen molar-refractivity contribution in [2.45, 2.75) is 6.54 Å². The third kappa shape index (κ3) is 2.45. The van der Waals surface area contributed by atoms with Crippen LogP contribution in [0.3, 0.4) is 0 Å². The number of amides is 2. The SMILES string of the molecule is O=C1C2CN(Cc3ccccc3)CC2C(=O)N1c1ccccc1. The molecule has 2 aliphatic rings. The number of hydrogen-bond acceptors (Lipinski definition) is 3. The fraction of sp³-hybridized carbons (Fsp3) is 0.263. The molecular weight excluding hydrogens is 288 g/mol. The summed E-state index contributed by atoms with van der Waals surface area (Å²) in [5.41, 5.74) is 1.90. The lowest BCUT2D eigenvalue weighted by atomic mass is 10.00. The number of fused-ring (bicyclic) bond motifs is 1. The molecule has 0 saturated carbocycles. The first-order chi connectivity index (χ1) is 11.2. The van der Waals surface area contributed by atoms with Gasteiger partial charge in [-0.2, -0.15) is 0 Å². The predicted octanol–water partition coefficient (Wildman–Crippen LogP) is 2.31. The summed E-state index contributed by atoms with van der Waals surface area (Å²) in [7, 11) is 0. The minimum Gasteiger partial charge on any atom is -0.297 e. The van der Waals surface area contributed by atoms with E-state index in [0.717, 1.165) is 6.54 Å². The van der Waals surface area contributed by atoms with E-state index in [1.165, 1.54) is 10.5 Å². The summed E-state index contributed by atoms with van der Waals surface area (Å²) in [6, 6.07) is 19.4. The van der Waals surface area contributed by atoms with Crippen molar-refractivity contribution in [1.82, 2.24) is 4.90 Å². The zero-order valence-corrected chi connectivity index (χ0v) is 12.8. The van der Waals surface area contributed by atoms with Crippen LogP contribution in [-0.4, -0.2) is 29.8 Å². The number of likely N-dealkylation sites (tertiary alicyclic amines) is 1.